The number of carbonyl (C=O) groups excluding carboxylic acids is 1. The Morgan fingerprint density at radius 1 is 1.52 bits per heavy atom. The summed E-state index contributed by atoms with van der Waals surface area (Å²) in [6, 6.07) is 1.05. The van der Waals surface area contributed by atoms with Crippen LogP contribution in [0.4, 0.5) is 4.79 Å². The fourth-order valence-corrected chi connectivity index (χ4v) is 2.35. The third-order valence-electron chi connectivity index (χ3n) is 2.88. The molecular weight excluding hydrogens is 292 g/mol. The summed E-state index contributed by atoms with van der Waals surface area (Å²) in [6.07, 6.45) is -1.41. The monoisotopic (exact) mass is 316 g/mol. The van der Waals surface area contributed by atoms with Crippen molar-refractivity contribution in [3.05, 3.63) is 12.2 Å². The summed E-state index contributed by atoms with van der Waals surface area (Å²) < 4.78 is 11.9. The van der Waals surface area contributed by atoms with E-state index in [1.165, 1.54) is 13.3 Å². The smallest absolute Gasteiger partial charge is 0.404 e. The molecule has 2 unspecified atom stereocenters. The lowest BCUT2D eigenvalue weighted by Crippen LogP contribution is -2.28. The van der Waals surface area contributed by atoms with Crippen molar-refractivity contribution in [3.8, 4) is 0 Å². The highest BCUT2D eigenvalue weighted by molar-refractivity contribution is 6.76. The van der Waals surface area contributed by atoms with Crippen molar-refractivity contribution in [3.63, 3.8) is 0 Å². The number of hydrogen-bond acceptors (Lipinski definition) is 6. The van der Waals surface area contributed by atoms with Crippen molar-refractivity contribution in [2.24, 2.45) is 5.73 Å². The molecule has 1 aromatic heterocycles. The molecule has 120 valence electrons. The van der Waals surface area contributed by atoms with Crippen LogP contribution in [0.5, 0.6) is 0 Å². The van der Waals surface area contributed by atoms with Crippen LogP contribution in [0.2, 0.25) is 25.7 Å². The van der Waals surface area contributed by atoms with Gasteiger partial charge in [0.15, 0.2) is 11.9 Å². The van der Waals surface area contributed by atoms with E-state index >= 15 is 0 Å². The van der Waals surface area contributed by atoms with Gasteiger partial charge in [0.25, 0.3) is 0 Å². The molecule has 1 rings (SSSR count). The molecule has 1 aromatic rings. The molecule has 9 heteroatoms. The van der Waals surface area contributed by atoms with E-state index in [1.807, 2.05) is 0 Å². The maximum absolute atomic E-state index is 10.7. The van der Waals surface area contributed by atoms with E-state index in [2.05, 4.69) is 29.8 Å². The van der Waals surface area contributed by atoms with Gasteiger partial charge in [-0.3, -0.25) is 4.57 Å². The molecule has 0 radical (unpaired) electrons. The van der Waals surface area contributed by atoms with Crippen LogP contribution in [0, 0.1) is 0 Å². The van der Waals surface area contributed by atoms with E-state index in [0.29, 0.717) is 6.61 Å². The zero-order valence-corrected chi connectivity index (χ0v) is 13.9. The Morgan fingerprint density at radius 2 is 2.19 bits per heavy atom. The summed E-state index contributed by atoms with van der Waals surface area (Å²) in [4.78, 5) is 10.7. The Labute approximate surface area is 125 Å². The molecule has 0 saturated carbocycles. The lowest BCUT2D eigenvalue weighted by atomic mass is 10.2. The minimum atomic E-state index is -1.14. The van der Waals surface area contributed by atoms with E-state index in [1.54, 1.807) is 4.57 Å². The van der Waals surface area contributed by atoms with Gasteiger partial charge in [0.2, 0.25) is 0 Å². The number of ether oxygens (including phenoxy) is 2. The van der Waals surface area contributed by atoms with Crippen LogP contribution < -0.4 is 5.73 Å². The minimum absolute atomic E-state index is 0.243. The van der Waals surface area contributed by atoms with Crippen molar-refractivity contribution >= 4 is 14.2 Å². The molecule has 3 N–H and O–H groups in total. The first-order valence-corrected chi connectivity index (χ1v) is 10.5. The zero-order chi connectivity index (χ0) is 16.0. The van der Waals surface area contributed by atoms with Gasteiger partial charge in [-0.2, -0.15) is 0 Å². The largest absolute Gasteiger partial charge is 0.443 e. The van der Waals surface area contributed by atoms with Gasteiger partial charge in [-0.05, 0) is 13.0 Å². The summed E-state index contributed by atoms with van der Waals surface area (Å²) in [6.45, 7) is 9.23. The Morgan fingerprint density at radius 3 is 2.76 bits per heavy atom. The summed E-state index contributed by atoms with van der Waals surface area (Å²) in [5, 5.41) is 17.7. The van der Waals surface area contributed by atoms with Crippen LogP contribution in [0.1, 0.15) is 18.9 Å². The van der Waals surface area contributed by atoms with Gasteiger partial charge < -0.3 is 20.3 Å². The Hall–Kier alpha value is -1.45. The van der Waals surface area contributed by atoms with E-state index < -0.39 is 26.4 Å². The molecule has 0 saturated heterocycles. The topological polar surface area (TPSA) is 112 Å². The number of amides is 1. The maximum atomic E-state index is 10.7. The molecule has 2 atom stereocenters. The van der Waals surface area contributed by atoms with Crippen LogP contribution in [-0.2, 0) is 16.2 Å². The Bertz CT molecular complexity index is 460. The highest BCUT2D eigenvalue weighted by Crippen LogP contribution is 2.17. The third kappa shape index (κ3) is 6.23. The number of aliphatic hydroxyl groups excluding tert-OH is 1. The highest BCUT2D eigenvalue weighted by atomic mass is 28.3. The van der Waals surface area contributed by atoms with Crippen molar-refractivity contribution in [2.45, 2.75) is 51.5 Å². The first-order valence-electron chi connectivity index (χ1n) is 6.80. The van der Waals surface area contributed by atoms with Crippen molar-refractivity contribution in [1.82, 2.24) is 14.8 Å². The average molecular weight is 316 g/mol. The summed E-state index contributed by atoms with van der Waals surface area (Å²) in [5.41, 5.74) is 4.93. The first-order chi connectivity index (χ1) is 9.70. The number of carbonyl (C=O) groups is 1. The molecule has 0 fully saturated rings. The second-order valence-electron chi connectivity index (χ2n) is 6.09. The molecule has 1 heterocycles. The van der Waals surface area contributed by atoms with Crippen LogP contribution in [0.15, 0.2) is 6.33 Å². The molecule has 0 spiro atoms. The SMILES string of the molecule is CC(OC(N)=O)C(O)c1nncn1COCC[Si](C)(C)C. The molecule has 0 bridgehead atoms. The summed E-state index contributed by atoms with van der Waals surface area (Å²) >= 11 is 0. The summed E-state index contributed by atoms with van der Waals surface area (Å²) in [5.74, 6) is 0.275. The van der Waals surface area contributed by atoms with Crippen LogP contribution in [0.3, 0.4) is 0 Å². The quantitative estimate of drug-likeness (QED) is 0.548. The minimum Gasteiger partial charge on any atom is -0.443 e. The van der Waals surface area contributed by atoms with E-state index in [9.17, 15) is 9.90 Å². The molecule has 8 nitrogen and oxygen atoms in total. The van der Waals surface area contributed by atoms with Crippen molar-refractivity contribution < 1.29 is 19.4 Å². The van der Waals surface area contributed by atoms with Crippen LogP contribution >= 0.6 is 0 Å². The number of aliphatic hydroxyl groups is 1. The molecule has 1 amide bonds. The Kier molecular flexibility index (Phi) is 6.31. The van der Waals surface area contributed by atoms with Gasteiger partial charge in [0.05, 0.1) is 0 Å². The number of primary amides is 1. The Balaban J connectivity index is 2.54. The molecule has 0 aromatic carbocycles. The second kappa shape index (κ2) is 7.53. The maximum Gasteiger partial charge on any atom is 0.404 e. The standard InChI is InChI=1S/C12H24N4O4Si/c1-9(20-12(13)18)10(17)11-15-14-7-16(11)8-19-5-6-21(2,3)4/h7,9-10,17H,5-6,8H2,1-4H3,(H2,13,18). The van der Waals surface area contributed by atoms with E-state index in [0.717, 1.165) is 6.04 Å². The normalized spacial score (nSPS) is 14.7. The van der Waals surface area contributed by atoms with Gasteiger partial charge in [-0.15, -0.1) is 10.2 Å². The average Bonchev–Trinajstić information content (AvgIpc) is 2.79. The molecular formula is C12H24N4O4Si. The molecule has 0 aliphatic carbocycles. The molecule has 0 aliphatic rings. The van der Waals surface area contributed by atoms with Gasteiger partial charge in [-0.25, -0.2) is 4.79 Å². The number of aromatic nitrogens is 3. The lowest BCUT2D eigenvalue weighted by Gasteiger charge is -2.19. The van der Waals surface area contributed by atoms with E-state index in [4.69, 9.17) is 15.2 Å². The predicted octanol–water partition coefficient (Wildman–Crippen LogP) is 1.11. The molecule has 21 heavy (non-hydrogen) atoms. The number of nitrogens with two attached hydrogens (primary N) is 1. The highest BCUT2D eigenvalue weighted by Gasteiger charge is 2.24. The number of nitrogens with zero attached hydrogens (tertiary/aromatic N) is 3. The number of rotatable bonds is 8. The number of hydrogen-bond donors (Lipinski definition) is 2. The molecule has 0 aliphatic heterocycles. The van der Waals surface area contributed by atoms with Gasteiger partial charge in [-0.1, -0.05) is 19.6 Å². The first kappa shape index (κ1) is 17.6. The van der Waals surface area contributed by atoms with Gasteiger partial charge >= 0.3 is 6.09 Å². The van der Waals surface area contributed by atoms with Gasteiger partial charge in [0.1, 0.15) is 19.2 Å². The van der Waals surface area contributed by atoms with Crippen molar-refractivity contribution in [2.75, 3.05) is 6.61 Å². The third-order valence-corrected chi connectivity index (χ3v) is 4.59. The van der Waals surface area contributed by atoms with E-state index in [-0.39, 0.29) is 12.6 Å². The zero-order valence-electron chi connectivity index (χ0n) is 12.9. The van der Waals surface area contributed by atoms with Crippen LogP contribution in [-0.4, -0.2) is 46.7 Å². The second-order valence-corrected chi connectivity index (χ2v) is 11.7. The summed E-state index contributed by atoms with van der Waals surface area (Å²) in [7, 11) is -1.14. The van der Waals surface area contributed by atoms with Crippen molar-refractivity contribution in [1.29, 1.82) is 0 Å². The lowest BCUT2D eigenvalue weighted by molar-refractivity contribution is 0.00350. The van der Waals surface area contributed by atoms with Crippen LogP contribution in [0.25, 0.3) is 0 Å². The fraction of sp³-hybridized carbons (Fsp3) is 0.750. The fourth-order valence-electron chi connectivity index (χ4n) is 1.59. The predicted molar refractivity (Wildman–Crippen MR) is 79.2 cm³/mol. The van der Waals surface area contributed by atoms with Gasteiger partial charge in [0, 0.05) is 14.7 Å².